The number of piperidine rings is 1. The molecule has 1 unspecified atom stereocenters. The lowest BCUT2D eigenvalue weighted by Crippen LogP contribution is -2.70. The van der Waals surface area contributed by atoms with E-state index in [9.17, 15) is 27.5 Å². The molecule has 2 saturated heterocycles. The Kier molecular flexibility index (Phi) is 6.30. The molecule has 0 aromatic carbocycles. The Morgan fingerprint density at radius 3 is 2.41 bits per heavy atom. The van der Waals surface area contributed by atoms with E-state index >= 15 is 0 Å². The summed E-state index contributed by atoms with van der Waals surface area (Å²) in [7, 11) is 9.16. The molecule has 41 heavy (non-hydrogen) atoms. The summed E-state index contributed by atoms with van der Waals surface area (Å²) in [5.74, 6) is -5.08. The molecule has 218 valence electrons. The smallest absolute Gasteiger partial charge is 0.324 e. The van der Waals surface area contributed by atoms with Crippen molar-refractivity contribution in [3.63, 3.8) is 0 Å². The third kappa shape index (κ3) is 4.80. The number of methoxy groups -OCH3 is 1. The van der Waals surface area contributed by atoms with E-state index in [1.54, 1.807) is 24.1 Å². The fraction of sp³-hybridized carbons (Fsp3) is 0.600. The summed E-state index contributed by atoms with van der Waals surface area (Å²) in [6.45, 7) is 1.48. The van der Waals surface area contributed by atoms with Gasteiger partial charge in [-0.2, -0.15) is 10.2 Å². The number of aliphatic hydroxyl groups is 1. The number of carbonyl (C=O) groups is 1. The molecule has 3 aromatic rings. The van der Waals surface area contributed by atoms with Crippen LogP contribution in [-0.2, 0) is 11.8 Å². The van der Waals surface area contributed by atoms with Crippen LogP contribution in [0.4, 0.5) is 33.9 Å². The highest BCUT2D eigenvalue weighted by Crippen LogP contribution is 2.56. The van der Waals surface area contributed by atoms with Gasteiger partial charge in [0.25, 0.3) is 5.92 Å². The van der Waals surface area contributed by atoms with Crippen molar-refractivity contribution in [1.82, 2.24) is 29.9 Å². The Labute approximate surface area is 233 Å². The predicted octanol–water partition coefficient (Wildman–Crippen LogP) is 3.22. The maximum absolute atomic E-state index is 14.5. The number of rotatable bonds is 4. The van der Waals surface area contributed by atoms with Crippen LogP contribution in [0.15, 0.2) is 18.5 Å². The van der Waals surface area contributed by atoms with Crippen LogP contribution in [0.25, 0.3) is 22.3 Å². The first kappa shape index (κ1) is 27.8. The molecule has 1 spiro atoms. The number of aromatic nitrogens is 5. The minimum absolute atomic E-state index is 0.0639. The fourth-order valence-corrected chi connectivity index (χ4v) is 5.31. The summed E-state index contributed by atoms with van der Waals surface area (Å²) in [6, 6.07) is 0.883. The first-order valence-corrected chi connectivity index (χ1v) is 13.3. The second kappa shape index (κ2) is 9.31. The average molecular weight is 576 g/mol. The van der Waals surface area contributed by atoms with Crippen molar-refractivity contribution in [3.05, 3.63) is 18.5 Å². The normalized spacial score (nSPS) is 25.4. The number of aromatic amines is 1. The zero-order valence-corrected chi connectivity index (χ0v) is 22.5. The van der Waals surface area contributed by atoms with Gasteiger partial charge in [0, 0.05) is 58.2 Å². The van der Waals surface area contributed by atoms with E-state index in [4.69, 9.17) is 12.6 Å². The van der Waals surface area contributed by atoms with Crippen molar-refractivity contribution in [2.75, 3.05) is 30.4 Å². The van der Waals surface area contributed by atoms with E-state index in [0.29, 0.717) is 29.1 Å². The number of urea groups is 1. The first-order valence-electron chi connectivity index (χ1n) is 13.3. The van der Waals surface area contributed by atoms with Crippen LogP contribution in [0.2, 0.25) is 0 Å². The van der Waals surface area contributed by atoms with Crippen LogP contribution in [0.3, 0.4) is 0 Å². The molecule has 0 bridgehead atoms. The molecule has 11 nitrogen and oxygen atoms in total. The van der Waals surface area contributed by atoms with Crippen LogP contribution in [0, 0.1) is 0 Å². The highest BCUT2D eigenvalue weighted by Gasteiger charge is 2.67. The Morgan fingerprint density at radius 1 is 1.15 bits per heavy atom. The third-order valence-corrected chi connectivity index (χ3v) is 8.25. The number of alkyl halides is 4. The summed E-state index contributed by atoms with van der Waals surface area (Å²) in [5, 5.41) is 25.4. The van der Waals surface area contributed by atoms with E-state index in [-0.39, 0.29) is 31.1 Å². The standard InChI is InChI=1S/C22H25BF2N8O3.C3H4F2/c1-31-16-7-14(26-8-13(16)18(30-31)32-10-12(11-32)36-2)17-15(9-27-29-17)28-19(34)33-20(3-4-20)5-6-21(24,25)22(33,23)35;4-3(5)1-2-3/h7-9,12,35H,3-6,10-11H2,1-2H3,(H,27,29)(H,28,34);1-2H2. The number of ether oxygens (including phenoxy) is 1. The number of halogens is 4. The van der Waals surface area contributed by atoms with E-state index in [1.165, 1.54) is 6.20 Å². The molecule has 5 heterocycles. The Hall–Kier alpha value is -3.40. The summed E-state index contributed by atoms with van der Waals surface area (Å²) >= 11 is 0. The Bertz CT molecular complexity index is 1480. The van der Waals surface area contributed by atoms with Crippen LogP contribution in [-0.4, -0.2) is 98.2 Å². The van der Waals surface area contributed by atoms with Gasteiger partial charge >= 0.3 is 6.03 Å². The number of fused-ring (bicyclic) bond motifs is 1. The number of nitrogens with zero attached hydrogens (tertiary/aromatic N) is 6. The van der Waals surface area contributed by atoms with Gasteiger partial charge in [0.1, 0.15) is 5.69 Å². The number of pyridine rings is 1. The molecule has 1 atom stereocenters. The topological polar surface area (TPSA) is 124 Å². The molecule has 2 radical (unpaired) electrons. The molecule has 4 aliphatic rings. The van der Waals surface area contributed by atoms with E-state index < -0.39 is 35.5 Å². The number of amides is 2. The average Bonchev–Trinajstić information content (AvgIpc) is 3.72. The predicted molar refractivity (Wildman–Crippen MR) is 141 cm³/mol. The van der Waals surface area contributed by atoms with Crippen molar-refractivity contribution in [3.8, 4) is 11.4 Å². The van der Waals surface area contributed by atoms with Gasteiger partial charge < -0.3 is 20.1 Å². The number of hydrogen-bond donors (Lipinski definition) is 3. The second-order valence-corrected chi connectivity index (χ2v) is 11.2. The Balaban J connectivity index is 0.000000548. The third-order valence-electron chi connectivity index (χ3n) is 8.25. The molecule has 2 saturated carbocycles. The number of carbonyl (C=O) groups excluding carboxylic acids is 1. The zero-order chi connectivity index (χ0) is 29.4. The van der Waals surface area contributed by atoms with Crippen LogP contribution in [0.5, 0.6) is 0 Å². The summed E-state index contributed by atoms with van der Waals surface area (Å²) in [5.41, 5.74) is -2.09. The van der Waals surface area contributed by atoms with Crippen LogP contribution in [0.1, 0.15) is 38.5 Å². The lowest BCUT2D eigenvalue weighted by Gasteiger charge is -2.51. The highest BCUT2D eigenvalue weighted by atomic mass is 19.3. The summed E-state index contributed by atoms with van der Waals surface area (Å²) < 4.78 is 58.3. The number of anilines is 2. The van der Waals surface area contributed by atoms with E-state index in [2.05, 4.69) is 30.5 Å². The molecule has 3 aromatic heterocycles. The maximum Gasteiger partial charge on any atom is 0.324 e. The van der Waals surface area contributed by atoms with Gasteiger partial charge in [-0.3, -0.25) is 19.7 Å². The molecule has 16 heteroatoms. The second-order valence-electron chi connectivity index (χ2n) is 11.2. The molecule has 2 amide bonds. The van der Waals surface area contributed by atoms with Gasteiger partial charge in [0.15, 0.2) is 19.3 Å². The number of hydrogen-bond acceptors (Lipinski definition) is 7. The van der Waals surface area contributed by atoms with Crippen molar-refractivity contribution in [2.24, 2.45) is 7.05 Å². The number of aryl methyl sites for hydroxylation is 1. The van der Waals surface area contributed by atoms with Gasteiger partial charge in [0.05, 0.1) is 34.6 Å². The molecule has 2 aliphatic heterocycles. The molecule has 2 aliphatic carbocycles. The summed E-state index contributed by atoms with van der Waals surface area (Å²) in [4.78, 5) is 20.5. The Morgan fingerprint density at radius 2 is 1.80 bits per heavy atom. The van der Waals surface area contributed by atoms with Gasteiger partial charge in [-0.25, -0.2) is 22.4 Å². The first-order chi connectivity index (χ1) is 19.3. The van der Waals surface area contributed by atoms with Gasteiger partial charge in [-0.15, -0.1) is 0 Å². The largest absolute Gasteiger partial charge is 0.378 e. The van der Waals surface area contributed by atoms with E-state index in [0.717, 1.165) is 29.8 Å². The molecule has 7 rings (SSSR count). The quantitative estimate of drug-likeness (QED) is 0.322. The van der Waals surface area contributed by atoms with Crippen molar-refractivity contribution >= 4 is 36.3 Å². The number of H-pyrrole nitrogens is 1. The molecule has 3 N–H and O–H groups in total. The minimum Gasteiger partial charge on any atom is -0.378 e. The van der Waals surface area contributed by atoms with E-state index in [1.807, 2.05) is 7.05 Å². The molecular formula is C25H29BF4N8O3. The minimum atomic E-state index is -3.64. The molecular weight excluding hydrogens is 547 g/mol. The van der Waals surface area contributed by atoms with Crippen molar-refractivity contribution < 1.29 is 32.2 Å². The van der Waals surface area contributed by atoms with Crippen molar-refractivity contribution in [2.45, 2.75) is 67.6 Å². The van der Waals surface area contributed by atoms with Gasteiger partial charge in [-0.1, -0.05) is 0 Å². The monoisotopic (exact) mass is 576 g/mol. The molecule has 4 fully saturated rings. The fourth-order valence-electron chi connectivity index (χ4n) is 5.31. The zero-order valence-electron chi connectivity index (χ0n) is 22.5. The van der Waals surface area contributed by atoms with Gasteiger partial charge in [-0.05, 0) is 25.3 Å². The maximum atomic E-state index is 14.5. The number of nitrogens with one attached hydrogen (secondary N) is 2. The van der Waals surface area contributed by atoms with Crippen LogP contribution >= 0.6 is 0 Å². The van der Waals surface area contributed by atoms with Crippen LogP contribution < -0.4 is 10.2 Å². The lowest BCUT2D eigenvalue weighted by molar-refractivity contribution is -0.229. The SMILES string of the molecule is FC1(F)CC1.[B]C1(O)N(C(=O)Nc2cn[nH]c2-c2cc3c(cn2)c(N2CC(OC)C2)nn3C)C2(CC2)CCC1(F)F. The lowest BCUT2D eigenvalue weighted by atomic mass is 9.75. The summed E-state index contributed by atoms with van der Waals surface area (Å²) in [6.07, 6.45) is 3.94. The highest BCUT2D eigenvalue weighted by molar-refractivity contribution is 6.17. The number of likely N-dealkylation sites (tertiary alicyclic amines) is 1. The van der Waals surface area contributed by atoms with Crippen molar-refractivity contribution in [1.29, 1.82) is 0 Å². The van der Waals surface area contributed by atoms with Gasteiger partial charge in [0.2, 0.25) is 5.92 Å².